The van der Waals surface area contributed by atoms with Crippen molar-refractivity contribution in [1.29, 1.82) is 0 Å². The zero-order valence-corrected chi connectivity index (χ0v) is 13.3. The molecule has 1 fully saturated rings. The highest BCUT2D eigenvalue weighted by Gasteiger charge is 2.34. The molecule has 116 valence electrons. The standard InChI is InChI=1S/C16H23NO3S/c1-16(5-8-21(18,19)9-6-16)12-20-15-3-2-14-11-17-7-4-13(14)10-15/h2-3,10,17H,4-9,11-12H2,1H3. The van der Waals surface area contributed by atoms with Gasteiger partial charge < -0.3 is 10.1 Å². The van der Waals surface area contributed by atoms with Crippen LogP contribution in [0.25, 0.3) is 0 Å². The molecule has 0 aliphatic carbocycles. The van der Waals surface area contributed by atoms with Crippen LogP contribution in [0, 0.1) is 5.41 Å². The van der Waals surface area contributed by atoms with Gasteiger partial charge in [0.05, 0.1) is 18.1 Å². The van der Waals surface area contributed by atoms with E-state index in [1.54, 1.807) is 0 Å². The molecule has 0 spiro atoms. The van der Waals surface area contributed by atoms with Gasteiger partial charge in [-0.3, -0.25) is 0 Å². The minimum absolute atomic E-state index is 0.0250. The van der Waals surface area contributed by atoms with Crippen LogP contribution in [0.2, 0.25) is 0 Å². The second-order valence-electron chi connectivity index (χ2n) is 6.61. The maximum absolute atomic E-state index is 11.5. The number of hydrogen-bond acceptors (Lipinski definition) is 4. The molecule has 0 atom stereocenters. The highest BCUT2D eigenvalue weighted by Crippen LogP contribution is 2.33. The van der Waals surface area contributed by atoms with Crippen LogP contribution in [0.4, 0.5) is 0 Å². The quantitative estimate of drug-likeness (QED) is 0.927. The molecule has 5 heteroatoms. The summed E-state index contributed by atoms with van der Waals surface area (Å²) >= 11 is 0. The molecule has 1 N–H and O–H groups in total. The lowest BCUT2D eigenvalue weighted by Gasteiger charge is -2.33. The van der Waals surface area contributed by atoms with E-state index in [1.165, 1.54) is 11.1 Å². The van der Waals surface area contributed by atoms with Crippen LogP contribution in [0.1, 0.15) is 30.9 Å². The Hall–Kier alpha value is -1.07. The van der Waals surface area contributed by atoms with Crippen LogP contribution in [0.15, 0.2) is 18.2 Å². The molecule has 1 aromatic rings. The van der Waals surface area contributed by atoms with Crippen LogP contribution in [-0.2, 0) is 22.8 Å². The predicted molar refractivity (Wildman–Crippen MR) is 83.3 cm³/mol. The minimum atomic E-state index is -2.81. The Kier molecular flexibility index (Phi) is 3.97. The van der Waals surface area contributed by atoms with Gasteiger partial charge in [-0.15, -0.1) is 0 Å². The maximum Gasteiger partial charge on any atom is 0.150 e. The second kappa shape index (κ2) is 5.61. The fourth-order valence-electron chi connectivity index (χ4n) is 2.98. The molecule has 0 amide bonds. The van der Waals surface area contributed by atoms with Crippen LogP contribution in [0.3, 0.4) is 0 Å². The van der Waals surface area contributed by atoms with Crippen LogP contribution in [0.5, 0.6) is 5.75 Å². The van der Waals surface area contributed by atoms with E-state index in [-0.39, 0.29) is 5.41 Å². The molecule has 1 aromatic carbocycles. The Bertz CT molecular complexity index is 610. The minimum Gasteiger partial charge on any atom is -0.493 e. The largest absolute Gasteiger partial charge is 0.493 e. The van der Waals surface area contributed by atoms with Gasteiger partial charge in [0, 0.05) is 12.0 Å². The monoisotopic (exact) mass is 309 g/mol. The van der Waals surface area contributed by atoms with Crippen molar-refractivity contribution in [2.24, 2.45) is 5.41 Å². The van der Waals surface area contributed by atoms with Gasteiger partial charge in [-0.2, -0.15) is 0 Å². The number of rotatable bonds is 3. The van der Waals surface area contributed by atoms with E-state index in [2.05, 4.69) is 24.4 Å². The third-order valence-electron chi connectivity index (χ3n) is 4.68. The number of hydrogen-bond donors (Lipinski definition) is 1. The van der Waals surface area contributed by atoms with E-state index in [9.17, 15) is 8.42 Å². The smallest absolute Gasteiger partial charge is 0.150 e. The first kappa shape index (κ1) is 14.9. The molecule has 0 radical (unpaired) electrons. The van der Waals surface area contributed by atoms with E-state index >= 15 is 0 Å². The van der Waals surface area contributed by atoms with Crippen molar-refractivity contribution < 1.29 is 13.2 Å². The Morgan fingerprint density at radius 1 is 1.24 bits per heavy atom. The van der Waals surface area contributed by atoms with Crippen molar-refractivity contribution in [3.8, 4) is 5.75 Å². The summed E-state index contributed by atoms with van der Waals surface area (Å²) in [6.07, 6.45) is 2.44. The number of fused-ring (bicyclic) bond motifs is 1. The van der Waals surface area contributed by atoms with Gasteiger partial charge >= 0.3 is 0 Å². The maximum atomic E-state index is 11.5. The first-order valence-corrected chi connectivity index (χ1v) is 9.44. The van der Waals surface area contributed by atoms with E-state index in [0.717, 1.165) is 25.3 Å². The van der Waals surface area contributed by atoms with Gasteiger partial charge in [-0.05, 0) is 49.1 Å². The number of nitrogens with one attached hydrogen (secondary N) is 1. The number of ether oxygens (including phenoxy) is 1. The Labute approximate surface area is 126 Å². The zero-order chi connectivity index (χ0) is 14.9. The topological polar surface area (TPSA) is 55.4 Å². The normalized spacial score (nSPS) is 23.3. The molecular formula is C16H23NO3S. The SMILES string of the molecule is CC1(COc2ccc3c(c2)CCNC3)CCS(=O)(=O)CC1. The zero-order valence-electron chi connectivity index (χ0n) is 12.5. The molecular weight excluding hydrogens is 286 g/mol. The van der Waals surface area contributed by atoms with Crippen molar-refractivity contribution in [2.45, 2.75) is 32.7 Å². The molecule has 0 unspecified atom stereocenters. The lowest BCUT2D eigenvalue weighted by molar-refractivity contribution is 0.149. The molecule has 2 aliphatic rings. The van der Waals surface area contributed by atoms with Gasteiger partial charge in [0.25, 0.3) is 0 Å². The highest BCUT2D eigenvalue weighted by molar-refractivity contribution is 7.91. The second-order valence-corrected chi connectivity index (χ2v) is 8.91. The highest BCUT2D eigenvalue weighted by atomic mass is 32.2. The summed E-state index contributed by atoms with van der Waals surface area (Å²) in [5.74, 6) is 1.50. The van der Waals surface area contributed by atoms with Gasteiger partial charge in [0.15, 0.2) is 0 Å². The van der Waals surface area contributed by atoms with Crippen molar-refractivity contribution in [1.82, 2.24) is 5.32 Å². The molecule has 3 rings (SSSR count). The van der Waals surface area contributed by atoms with Crippen molar-refractivity contribution in [2.75, 3.05) is 24.7 Å². The van der Waals surface area contributed by atoms with E-state index in [0.29, 0.717) is 31.0 Å². The first-order valence-electron chi connectivity index (χ1n) is 7.62. The lowest BCUT2D eigenvalue weighted by Crippen LogP contribution is -2.35. The summed E-state index contributed by atoms with van der Waals surface area (Å²) in [5.41, 5.74) is 2.69. The third-order valence-corrected chi connectivity index (χ3v) is 6.34. The van der Waals surface area contributed by atoms with Crippen LogP contribution < -0.4 is 10.1 Å². The third kappa shape index (κ3) is 3.58. The molecule has 2 heterocycles. The van der Waals surface area contributed by atoms with E-state index < -0.39 is 9.84 Å². The van der Waals surface area contributed by atoms with Crippen molar-refractivity contribution in [3.05, 3.63) is 29.3 Å². The Morgan fingerprint density at radius 3 is 2.76 bits per heavy atom. The van der Waals surface area contributed by atoms with Gasteiger partial charge in [-0.1, -0.05) is 13.0 Å². The summed E-state index contributed by atoms with van der Waals surface area (Å²) < 4.78 is 29.0. The average molecular weight is 309 g/mol. The molecule has 0 saturated carbocycles. The summed E-state index contributed by atoms with van der Waals surface area (Å²) in [6.45, 7) is 4.68. The number of sulfone groups is 1. The summed E-state index contributed by atoms with van der Waals surface area (Å²) in [5, 5.41) is 3.36. The van der Waals surface area contributed by atoms with Crippen molar-refractivity contribution >= 4 is 9.84 Å². The van der Waals surface area contributed by atoms with Gasteiger partial charge in [-0.25, -0.2) is 8.42 Å². The summed E-state index contributed by atoms with van der Waals surface area (Å²) in [7, 11) is -2.81. The molecule has 1 saturated heterocycles. The fourth-order valence-corrected chi connectivity index (χ4v) is 4.79. The van der Waals surface area contributed by atoms with Crippen LogP contribution in [-0.4, -0.2) is 33.1 Å². The summed E-state index contributed by atoms with van der Waals surface area (Å²) in [4.78, 5) is 0. The van der Waals surface area contributed by atoms with Gasteiger partial charge in [0.2, 0.25) is 0 Å². The van der Waals surface area contributed by atoms with Gasteiger partial charge in [0.1, 0.15) is 15.6 Å². The summed E-state index contributed by atoms with van der Waals surface area (Å²) in [6, 6.07) is 6.29. The van der Waals surface area contributed by atoms with E-state index in [1.807, 2.05) is 6.07 Å². The predicted octanol–water partition coefficient (Wildman–Crippen LogP) is 1.93. The van der Waals surface area contributed by atoms with Crippen molar-refractivity contribution in [3.63, 3.8) is 0 Å². The lowest BCUT2D eigenvalue weighted by atomic mass is 9.85. The molecule has 21 heavy (non-hydrogen) atoms. The molecule has 4 nitrogen and oxygen atoms in total. The first-order chi connectivity index (χ1) is 9.96. The Morgan fingerprint density at radius 2 is 2.00 bits per heavy atom. The average Bonchev–Trinajstić information content (AvgIpc) is 2.49. The Balaban J connectivity index is 1.62. The van der Waals surface area contributed by atoms with Crippen LogP contribution >= 0.6 is 0 Å². The number of benzene rings is 1. The van der Waals surface area contributed by atoms with E-state index in [4.69, 9.17) is 4.74 Å². The molecule has 0 bridgehead atoms. The fraction of sp³-hybridized carbons (Fsp3) is 0.625. The molecule has 0 aromatic heterocycles. The molecule has 2 aliphatic heterocycles.